The van der Waals surface area contributed by atoms with E-state index in [-0.39, 0.29) is 11.7 Å². The number of carbonyl (C=O) groups excluding carboxylic acids is 1. The Morgan fingerprint density at radius 3 is 2.58 bits per heavy atom. The maximum atomic E-state index is 12.6. The zero-order valence-electron chi connectivity index (χ0n) is 13.1. The fraction of sp³-hybridized carbons (Fsp3) is 0.278. The number of amides is 1. The van der Waals surface area contributed by atoms with Gasteiger partial charge < -0.3 is 10.0 Å². The molecule has 1 amide bonds. The molecule has 1 aliphatic heterocycles. The lowest BCUT2D eigenvalue weighted by Gasteiger charge is -2.35. The molecule has 1 saturated heterocycles. The summed E-state index contributed by atoms with van der Waals surface area (Å²) in [4.78, 5) is 16.7. The van der Waals surface area contributed by atoms with Gasteiger partial charge in [0, 0.05) is 42.2 Å². The SMILES string of the molecule is O=C(c1cc(Br)ccc1O)N1CCN(Cc2cccc(Cl)c2)CC1. The molecule has 0 spiro atoms. The van der Waals surface area contributed by atoms with Crippen molar-refractivity contribution in [2.24, 2.45) is 0 Å². The number of halogens is 2. The second-order valence-corrected chi connectivity index (χ2v) is 7.21. The number of carbonyl (C=O) groups is 1. The third-order valence-electron chi connectivity index (χ3n) is 4.14. The van der Waals surface area contributed by atoms with Gasteiger partial charge in [-0.2, -0.15) is 0 Å². The first-order valence-electron chi connectivity index (χ1n) is 7.77. The number of hydrogen-bond donors (Lipinski definition) is 1. The Kier molecular flexibility index (Phi) is 5.43. The molecule has 24 heavy (non-hydrogen) atoms. The topological polar surface area (TPSA) is 43.8 Å². The molecule has 2 aromatic carbocycles. The van der Waals surface area contributed by atoms with Crippen molar-refractivity contribution in [3.8, 4) is 5.75 Å². The number of benzene rings is 2. The minimum absolute atomic E-state index is 0.0181. The summed E-state index contributed by atoms with van der Waals surface area (Å²) < 4.78 is 0.781. The predicted molar refractivity (Wildman–Crippen MR) is 98.4 cm³/mol. The Hall–Kier alpha value is -1.56. The van der Waals surface area contributed by atoms with Gasteiger partial charge in [-0.3, -0.25) is 9.69 Å². The summed E-state index contributed by atoms with van der Waals surface area (Å²) >= 11 is 9.36. The number of rotatable bonds is 3. The van der Waals surface area contributed by atoms with Crippen LogP contribution in [-0.4, -0.2) is 47.0 Å². The molecule has 4 nitrogen and oxygen atoms in total. The Morgan fingerprint density at radius 1 is 1.12 bits per heavy atom. The standard InChI is InChI=1S/C18H18BrClN2O2/c19-14-4-5-17(23)16(11-14)18(24)22-8-6-21(7-9-22)12-13-2-1-3-15(20)10-13/h1-5,10-11,23H,6-9,12H2. The number of phenols is 1. The molecule has 0 aromatic heterocycles. The number of phenolic OH excluding ortho intramolecular Hbond substituents is 1. The molecule has 1 aliphatic rings. The zero-order valence-corrected chi connectivity index (χ0v) is 15.4. The van der Waals surface area contributed by atoms with Gasteiger partial charge in [-0.25, -0.2) is 0 Å². The Balaban J connectivity index is 1.60. The number of nitrogens with zero attached hydrogens (tertiary/aromatic N) is 2. The number of piperazine rings is 1. The summed E-state index contributed by atoms with van der Waals surface area (Å²) in [6.07, 6.45) is 0. The van der Waals surface area contributed by atoms with E-state index in [1.54, 1.807) is 17.0 Å². The molecule has 1 fully saturated rings. The summed E-state index contributed by atoms with van der Waals surface area (Å²) in [7, 11) is 0. The Bertz CT molecular complexity index is 746. The molecule has 126 valence electrons. The van der Waals surface area contributed by atoms with Crippen LogP contribution in [0.3, 0.4) is 0 Å². The van der Waals surface area contributed by atoms with Crippen molar-refractivity contribution in [1.29, 1.82) is 0 Å². The van der Waals surface area contributed by atoms with Gasteiger partial charge in [-0.1, -0.05) is 39.7 Å². The van der Waals surface area contributed by atoms with Crippen LogP contribution in [0.1, 0.15) is 15.9 Å². The first kappa shape index (κ1) is 17.3. The minimum atomic E-state index is -0.129. The third kappa shape index (κ3) is 4.09. The quantitative estimate of drug-likeness (QED) is 0.839. The Morgan fingerprint density at radius 2 is 1.88 bits per heavy atom. The number of hydrogen-bond acceptors (Lipinski definition) is 3. The number of aromatic hydroxyl groups is 1. The van der Waals surface area contributed by atoms with Crippen LogP contribution >= 0.6 is 27.5 Å². The van der Waals surface area contributed by atoms with Gasteiger partial charge in [0.1, 0.15) is 5.75 Å². The van der Waals surface area contributed by atoms with Crippen LogP contribution in [-0.2, 0) is 6.54 Å². The molecular formula is C18H18BrClN2O2. The van der Waals surface area contributed by atoms with Gasteiger partial charge in [0.05, 0.1) is 5.56 Å². The average Bonchev–Trinajstić information content (AvgIpc) is 2.57. The summed E-state index contributed by atoms with van der Waals surface area (Å²) in [5.41, 5.74) is 1.51. The van der Waals surface area contributed by atoms with Crippen molar-refractivity contribution in [2.75, 3.05) is 26.2 Å². The van der Waals surface area contributed by atoms with Crippen molar-refractivity contribution < 1.29 is 9.90 Å². The summed E-state index contributed by atoms with van der Waals surface area (Å²) in [5.74, 6) is -0.110. The highest BCUT2D eigenvalue weighted by Crippen LogP contribution is 2.24. The van der Waals surface area contributed by atoms with E-state index in [2.05, 4.69) is 26.9 Å². The molecule has 2 aromatic rings. The van der Waals surface area contributed by atoms with E-state index in [9.17, 15) is 9.90 Å². The lowest BCUT2D eigenvalue weighted by atomic mass is 10.1. The molecule has 1 N–H and O–H groups in total. The van der Waals surface area contributed by atoms with Crippen molar-refractivity contribution in [3.63, 3.8) is 0 Å². The Labute approximate surface area is 154 Å². The highest BCUT2D eigenvalue weighted by Gasteiger charge is 2.24. The first-order chi connectivity index (χ1) is 11.5. The van der Waals surface area contributed by atoms with E-state index >= 15 is 0 Å². The monoisotopic (exact) mass is 408 g/mol. The molecular weight excluding hydrogens is 392 g/mol. The summed E-state index contributed by atoms with van der Waals surface area (Å²) in [6, 6.07) is 12.8. The van der Waals surface area contributed by atoms with E-state index in [0.29, 0.717) is 18.7 Å². The minimum Gasteiger partial charge on any atom is -0.507 e. The normalized spacial score (nSPS) is 15.5. The highest BCUT2D eigenvalue weighted by atomic mass is 79.9. The van der Waals surface area contributed by atoms with E-state index in [4.69, 9.17) is 11.6 Å². The molecule has 0 unspecified atom stereocenters. The first-order valence-corrected chi connectivity index (χ1v) is 8.94. The van der Waals surface area contributed by atoms with Crippen LogP contribution < -0.4 is 0 Å². The fourth-order valence-electron chi connectivity index (χ4n) is 2.85. The van der Waals surface area contributed by atoms with Gasteiger partial charge in [0.25, 0.3) is 5.91 Å². The van der Waals surface area contributed by atoms with Crippen molar-refractivity contribution in [2.45, 2.75) is 6.54 Å². The van der Waals surface area contributed by atoms with Gasteiger partial charge in [-0.05, 0) is 35.9 Å². The lowest BCUT2D eigenvalue weighted by Crippen LogP contribution is -2.48. The molecule has 6 heteroatoms. The van der Waals surface area contributed by atoms with Crippen LogP contribution in [0.2, 0.25) is 5.02 Å². The lowest BCUT2D eigenvalue weighted by molar-refractivity contribution is 0.0625. The fourth-order valence-corrected chi connectivity index (χ4v) is 3.43. The highest BCUT2D eigenvalue weighted by molar-refractivity contribution is 9.10. The van der Waals surface area contributed by atoms with Gasteiger partial charge in [-0.15, -0.1) is 0 Å². The summed E-state index contributed by atoms with van der Waals surface area (Å²) in [5, 5.41) is 10.7. The van der Waals surface area contributed by atoms with Crippen molar-refractivity contribution in [1.82, 2.24) is 9.80 Å². The van der Waals surface area contributed by atoms with Crippen molar-refractivity contribution >= 4 is 33.4 Å². The van der Waals surface area contributed by atoms with Crippen LogP contribution in [0, 0.1) is 0 Å². The largest absolute Gasteiger partial charge is 0.507 e. The van der Waals surface area contributed by atoms with E-state index < -0.39 is 0 Å². The van der Waals surface area contributed by atoms with E-state index in [1.165, 1.54) is 11.6 Å². The maximum Gasteiger partial charge on any atom is 0.257 e. The maximum absolute atomic E-state index is 12.6. The van der Waals surface area contributed by atoms with Gasteiger partial charge in [0.2, 0.25) is 0 Å². The average molecular weight is 410 g/mol. The molecule has 0 aliphatic carbocycles. The smallest absolute Gasteiger partial charge is 0.257 e. The zero-order chi connectivity index (χ0) is 17.1. The van der Waals surface area contributed by atoms with E-state index in [0.717, 1.165) is 29.1 Å². The second kappa shape index (κ2) is 7.55. The molecule has 0 atom stereocenters. The molecule has 0 saturated carbocycles. The predicted octanol–water partition coefficient (Wildman–Crippen LogP) is 3.77. The molecule has 3 rings (SSSR count). The van der Waals surface area contributed by atoms with Gasteiger partial charge in [0.15, 0.2) is 0 Å². The van der Waals surface area contributed by atoms with Crippen LogP contribution in [0.15, 0.2) is 46.9 Å². The van der Waals surface area contributed by atoms with Crippen LogP contribution in [0.25, 0.3) is 0 Å². The van der Waals surface area contributed by atoms with Crippen molar-refractivity contribution in [3.05, 3.63) is 63.1 Å². The van der Waals surface area contributed by atoms with Crippen LogP contribution in [0.5, 0.6) is 5.75 Å². The molecule has 0 radical (unpaired) electrons. The van der Waals surface area contributed by atoms with E-state index in [1.807, 2.05) is 18.2 Å². The molecule has 0 bridgehead atoms. The van der Waals surface area contributed by atoms with Crippen LogP contribution in [0.4, 0.5) is 0 Å². The summed E-state index contributed by atoms with van der Waals surface area (Å²) in [6.45, 7) is 3.71. The van der Waals surface area contributed by atoms with Gasteiger partial charge >= 0.3 is 0 Å². The molecule has 1 heterocycles. The second-order valence-electron chi connectivity index (χ2n) is 5.86. The third-order valence-corrected chi connectivity index (χ3v) is 4.87.